The van der Waals surface area contributed by atoms with Crippen LogP contribution in [0.3, 0.4) is 0 Å². The molecule has 1 aromatic carbocycles. The molecule has 0 bridgehead atoms. The number of hydrogen-bond acceptors (Lipinski definition) is 3. The minimum Gasteiger partial charge on any atom is -0.323 e. The van der Waals surface area contributed by atoms with Gasteiger partial charge in [0, 0.05) is 11.8 Å². The van der Waals surface area contributed by atoms with Crippen molar-refractivity contribution in [2.24, 2.45) is 5.73 Å². The van der Waals surface area contributed by atoms with E-state index >= 15 is 0 Å². The van der Waals surface area contributed by atoms with Crippen LogP contribution >= 0.6 is 11.8 Å². The van der Waals surface area contributed by atoms with Crippen molar-refractivity contribution in [3.05, 3.63) is 34.2 Å². The first-order valence-corrected chi connectivity index (χ1v) is 6.06. The monoisotopic (exact) mass is 223 g/mol. The number of aromatic nitrogens is 2. The maximum absolute atomic E-state index is 11.0. The van der Waals surface area contributed by atoms with E-state index in [1.54, 1.807) is 11.8 Å². The lowest BCUT2D eigenvalue weighted by Gasteiger charge is -2.09. The molecule has 1 unspecified atom stereocenters. The van der Waals surface area contributed by atoms with Crippen LogP contribution in [-0.2, 0) is 0 Å². The fraction of sp³-hybridized carbons (Fsp3) is 0.300. The number of imidazole rings is 1. The number of thioether (sulfide) groups is 1. The molecule has 0 fully saturated rings. The van der Waals surface area contributed by atoms with Crippen molar-refractivity contribution in [1.29, 1.82) is 0 Å². The first-order chi connectivity index (χ1) is 7.20. The Hall–Kier alpha value is -1.20. The highest BCUT2D eigenvalue weighted by atomic mass is 32.2. The predicted octanol–water partition coefficient (Wildman–Crippen LogP) is 1.22. The van der Waals surface area contributed by atoms with E-state index in [9.17, 15) is 4.79 Å². The second-order valence-electron chi connectivity index (χ2n) is 3.45. The Morgan fingerprint density at radius 3 is 2.87 bits per heavy atom. The Morgan fingerprint density at radius 1 is 1.40 bits per heavy atom. The Kier molecular flexibility index (Phi) is 2.83. The number of nitrogens with one attached hydrogen (secondary N) is 2. The Labute approximate surface area is 91.3 Å². The number of H-pyrrole nitrogens is 2. The van der Waals surface area contributed by atoms with Gasteiger partial charge < -0.3 is 15.7 Å². The van der Waals surface area contributed by atoms with Gasteiger partial charge in [-0.15, -0.1) is 0 Å². The Bertz CT molecular complexity index is 517. The van der Waals surface area contributed by atoms with Crippen LogP contribution in [0, 0.1) is 0 Å². The largest absolute Gasteiger partial charge is 0.323 e. The van der Waals surface area contributed by atoms with E-state index < -0.39 is 0 Å². The lowest BCUT2D eigenvalue weighted by molar-refractivity contribution is 0.834. The van der Waals surface area contributed by atoms with Gasteiger partial charge in [-0.05, 0) is 24.0 Å². The first-order valence-electron chi connectivity index (χ1n) is 4.67. The topological polar surface area (TPSA) is 74.7 Å². The van der Waals surface area contributed by atoms with E-state index in [1.165, 1.54) is 0 Å². The van der Waals surface area contributed by atoms with E-state index in [0.29, 0.717) is 0 Å². The van der Waals surface area contributed by atoms with Crippen LogP contribution in [0.15, 0.2) is 23.0 Å². The Balaban J connectivity index is 2.41. The average Bonchev–Trinajstić information content (AvgIpc) is 2.57. The SMILES string of the molecule is CSCC(N)c1ccc2[nH]c(=O)[nH]c2c1. The molecule has 0 spiro atoms. The molecule has 1 atom stereocenters. The van der Waals surface area contributed by atoms with Crippen LogP contribution in [0.4, 0.5) is 0 Å². The minimum atomic E-state index is -0.180. The lowest BCUT2D eigenvalue weighted by Crippen LogP contribution is -2.12. The summed E-state index contributed by atoms with van der Waals surface area (Å²) >= 11 is 1.71. The van der Waals surface area contributed by atoms with Crippen LogP contribution in [0.5, 0.6) is 0 Å². The summed E-state index contributed by atoms with van der Waals surface area (Å²) < 4.78 is 0. The van der Waals surface area contributed by atoms with Gasteiger partial charge in [-0.25, -0.2) is 4.79 Å². The van der Waals surface area contributed by atoms with Crippen LogP contribution in [-0.4, -0.2) is 22.0 Å². The quantitative estimate of drug-likeness (QED) is 0.732. The van der Waals surface area contributed by atoms with Gasteiger partial charge in [0.1, 0.15) is 0 Å². The highest BCUT2D eigenvalue weighted by molar-refractivity contribution is 7.98. The number of nitrogens with two attached hydrogens (primary N) is 1. The fourth-order valence-electron chi connectivity index (χ4n) is 1.56. The number of hydrogen-bond donors (Lipinski definition) is 3. The summed E-state index contributed by atoms with van der Waals surface area (Å²) in [4.78, 5) is 16.5. The summed E-state index contributed by atoms with van der Waals surface area (Å²) in [6, 6.07) is 5.77. The van der Waals surface area contributed by atoms with E-state index in [4.69, 9.17) is 5.73 Å². The molecule has 0 aliphatic rings. The third kappa shape index (κ3) is 2.08. The van der Waals surface area contributed by atoms with Crippen LogP contribution in [0.1, 0.15) is 11.6 Å². The molecular formula is C10H13N3OS. The van der Waals surface area contributed by atoms with Crippen molar-refractivity contribution in [2.45, 2.75) is 6.04 Å². The fourth-order valence-corrected chi connectivity index (χ4v) is 2.11. The molecule has 5 heteroatoms. The van der Waals surface area contributed by atoms with Crippen molar-refractivity contribution in [3.63, 3.8) is 0 Å². The number of aromatic amines is 2. The maximum Gasteiger partial charge on any atom is 0.323 e. The maximum atomic E-state index is 11.0. The summed E-state index contributed by atoms with van der Waals surface area (Å²) in [6.45, 7) is 0. The van der Waals surface area contributed by atoms with Gasteiger partial charge >= 0.3 is 5.69 Å². The molecule has 0 saturated heterocycles. The van der Waals surface area contributed by atoms with Gasteiger partial charge in [-0.2, -0.15) is 11.8 Å². The molecule has 0 aliphatic carbocycles. The molecule has 4 nitrogen and oxygen atoms in total. The second kappa shape index (κ2) is 4.12. The van der Waals surface area contributed by atoms with Crippen LogP contribution in [0.2, 0.25) is 0 Å². The molecule has 1 aromatic heterocycles. The standard InChI is InChI=1S/C10H13N3OS/c1-15-5-7(11)6-2-3-8-9(4-6)13-10(14)12-8/h2-4,7H,5,11H2,1H3,(H2,12,13,14). The highest BCUT2D eigenvalue weighted by Crippen LogP contribution is 2.17. The van der Waals surface area contributed by atoms with E-state index in [-0.39, 0.29) is 11.7 Å². The molecule has 1 heterocycles. The van der Waals surface area contributed by atoms with Gasteiger partial charge in [-0.1, -0.05) is 6.07 Å². The van der Waals surface area contributed by atoms with Crippen molar-refractivity contribution >= 4 is 22.8 Å². The minimum absolute atomic E-state index is 0.0165. The summed E-state index contributed by atoms with van der Waals surface area (Å²) in [6.07, 6.45) is 2.02. The summed E-state index contributed by atoms with van der Waals surface area (Å²) in [7, 11) is 0. The number of rotatable bonds is 3. The summed E-state index contributed by atoms with van der Waals surface area (Å²) in [5.74, 6) is 0.875. The van der Waals surface area contributed by atoms with Crippen molar-refractivity contribution < 1.29 is 0 Å². The molecule has 2 rings (SSSR count). The van der Waals surface area contributed by atoms with Gasteiger partial charge in [0.25, 0.3) is 0 Å². The zero-order valence-corrected chi connectivity index (χ0v) is 9.23. The molecule has 0 amide bonds. The van der Waals surface area contributed by atoms with Gasteiger partial charge in [-0.3, -0.25) is 0 Å². The first kappa shape index (κ1) is 10.3. The summed E-state index contributed by atoms with van der Waals surface area (Å²) in [5.41, 5.74) is 8.48. The zero-order chi connectivity index (χ0) is 10.8. The third-order valence-corrected chi connectivity index (χ3v) is 3.01. The normalized spacial score (nSPS) is 13.2. The molecule has 15 heavy (non-hydrogen) atoms. The van der Waals surface area contributed by atoms with Crippen LogP contribution in [0.25, 0.3) is 11.0 Å². The van der Waals surface area contributed by atoms with Crippen molar-refractivity contribution in [1.82, 2.24) is 9.97 Å². The van der Waals surface area contributed by atoms with E-state index in [1.807, 2.05) is 24.5 Å². The zero-order valence-electron chi connectivity index (χ0n) is 8.41. The lowest BCUT2D eigenvalue weighted by atomic mass is 10.1. The van der Waals surface area contributed by atoms with E-state index in [0.717, 1.165) is 22.3 Å². The molecule has 80 valence electrons. The van der Waals surface area contributed by atoms with Crippen LogP contribution < -0.4 is 11.4 Å². The van der Waals surface area contributed by atoms with Crippen molar-refractivity contribution in [2.75, 3.05) is 12.0 Å². The molecule has 2 aromatic rings. The molecular weight excluding hydrogens is 210 g/mol. The number of fused-ring (bicyclic) bond motifs is 1. The van der Waals surface area contributed by atoms with Crippen molar-refractivity contribution in [3.8, 4) is 0 Å². The smallest absolute Gasteiger partial charge is 0.323 e. The van der Waals surface area contributed by atoms with Gasteiger partial charge in [0.2, 0.25) is 0 Å². The molecule has 0 aliphatic heterocycles. The van der Waals surface area contributed by atoms with Gasteiger partial charge in [0.15, 0.2) is 0 Å². The molecule has 4 N–H and O–H groups in total. The molecule has 0 radical (unpaired) electrons. The second-order valence-corrected chi connectivity index (χ2v) is 4.36. The van der Waals surface area contributed by atoms with E-state index in [2.05, 4.69) is 9.97 Å². The predicted molar refractivity (Wildman–Crippen MR) is 64.2 cm³/mol. The highest BCUT2D eigenvalue weighted by Gasteiger charge is 2.06. The molecule has 0 saturated carbocycles. The number of benzene rings is 1. The Morgan fingerprint density at radius 2 is 2.13 bits per heavy atom. The average molecular weight is 223 g/mol. The van der Waals surface area contributed by atoms with Gasteiger partial charge in [0.05, 0.1) is 11.0 Å². The third-order valence-electron chi connectivity index (χ3n) is 2.31. The summed E-state index contributed by atoms with van der Waals surface area (Å²) in [5, 5.41) is 0.